The largest absolute Gasteiger partial charge is 0.595 e. The predicted octanol–water partition coefficient (Wildman–Crippen LogP) is 0.143. The van der Waals surface area contributed by atoms with E-state index in [1.54, 1.807) is 6.07 Å². The van der Waals surface area contributed by atoms with Crippen LogP contribution >= 0.6 is 11.8 Å². The topological polar surface area (TPSA) is 86.1 Å². The Kier molecular flexibility index (Phi) is 3.01. The first kappa shape index (κ1) is 11.2. The molecule has 16 heavy (non-hydrogen) atoms. The van der Waals surface area contributed by atoms with E-state index in [2.05, 4.69) is 5.32 Å². The van der Waals surface area contributed by atoms with Crippen molar-refractivity contribution >= 4 is 29.0 Å². The highest BCUT2D eigenvalue weighted by atomic mass is 32.2. The molecular formula is C9H10N2O4S. The normalized spacial score (nSPS) is 16.3. The number of ether oxygens (including phenoxy) is 1. The molecule has 1 aromatic rings. The summed E-state index contributed by atoms with van der Waals surface area (Å²) in [5, 5.41) is 21.5. The number of nitrogens with one attached hydrogen (secondary N) is 2. The summed E-state index contributed by atoms with van der Waals surface area (Å²) in [6, 6.07) is 3.11. The smallest absolute Gasteiger partial charge is 0.234 e. The van der Waals surface area contributed by atoms with E-state index < -0.39 is 5.23 Å². The molecule has 1 aromatic carbocycles. The summed E-state index contributed by atoms with van der Waals surface area (Å²) in [6.45, 7) is 0. The van der Waals surface area contributed by atoms with Crippen LogP contribution < -0.4 is 15.3 Å². The average molecular weight is 242 g/mol. The highest BCUT2D eigenvalue weighted by Crippen LogP contribution is 2.38. The summed E-state index contributed by atoms with van der Waals surface area (Å²) in [7, 11) is 1.47. The molecule has 0 radical (unpaired) electrons. The summed E-state index contributed by atoms with van der Waals surface area (Å²) < 4.78 is 5.01. The van der Waals surface area contributed by atoms with Crippen molar-refractivity contribution in [2.45, 2.75) is 4.90 Å². The first-order valence-electron chi connectivity index (χ1n) is 4.50. The molecule has 1 heterocycles. The fraction of sp³-hybridized carbons (Fsp3) is 0.222. The van der Waals surface area contributed by atoms with Gasteiger partial charge in [-0.1, -0.05) is 0 Å². The van der Waals surface area contributed by atoms with Crippen LogP contribution in [0.15, 0.2) is 17.0 Å². The van der Waals surface area contributed by atoms with Gasteiger partial charge in [-0.05, 0) is 6.07 Å². The molecule has 0 spiro atoms. The number of thioether (sulfide) groups is 1. The molecular weight excluding hydrogens is 232 g/mol. The first-order valence-corrected chi connectivity index (χ1v) is 5.48. The number of amides is 1. The summed E-state index contributed by atoms with van der Waals surface area (Å²) >= 11 is 1.30. The molecule has 1 amide bonds. The van der Waals surface area contributed by atoms with Gasteiger partial charge in [0.05, 0.1) is 12.9 Å². The molecule has 0 aliphatic carbocycles. The molecule has 0 aromatic heterocycles. The van der Waals surface area contributed by atoms with Crippen molar-refractivity contribution in [3.63, 3.8) is 0 Å². The van der Waals surface area contributed by atoms with Gasteiger partial charge in [0, 0.05) is 11.0 Å². The van der Waals surface area contributed by atoms with Gasteiger partial charge in [-0.25, -0.2) is 5.21 Å². The van der Waals surface area contributed by atoms with E-state index >= 15 is 0 Å². The lowest BCUT2D eigenvalue weighted by Gasteiger charge is -2.22. The van der Waals surface area contributed by atoms with Gasteiger partial charge in [-0.15, -0.1) is 11.8 Å². The number of carbonyl (C=O) groups is 1. The Bertz CT molecular complexity index is 436. The van der Waals surface area contributed by atoms with E-state index in [1.165, 1.54) is 24.9 Å². The third-order valence-electron chi connectivity index (χ3n) is 2.16. The summed E-state index contributed by atoms with van der Waals surface area (Å²) in [4.78, 5) is 11.9. The number of fused-ring (bicyclic) bond motifs is 1. The lowest BCUT2D eigenvalue weighted by molar-refractivity contribution is -0.990. The number of carbonyl (C=O) groups excluding carboxylic acids is 1. The van der Waals surface area contributed by atoms with E-state index in [9.17, 15) is 10.0 Å². The van der Waals surface area contributed by atoms with Crippen LogP contribution in [-0.2, 0) is 4.79 Å². The first-order chi connectivity index (χ1) is 7.61. The maximum absolute atomic E-state index is 11.2. The second-order valence-electron chi connectivity index (χ2n) is 3.19. The monoisotopic (exact) mass is 242 g/mol. The average Bonchev–Trinajstić information content (AvgIpc) is 2.27. The number of anilines is 1. The Morgan fingerprint density at radius 3 is 3.00 bits per heavy atom. The summed E-state index contributed by atoms with van der Waals surface area (Å²) in [5.74, 6) is 0.573. The summed E-state index contributed by atoms with van der Waals surface area (Å²) in [6.07, 6.45) is 0. The molecule has 2 rings (SSSR count). The Balaban J connectivity index is 2.53. The highest BCUT2D eigenvalue weighted by Gasteiger charge is 2.23. The predicted molar refractivity (Wildman–Crippen MR) is 58.1 cm³/mol. The number of quaternary nitrogens is 1. The molecule has 86 valence electrons. The van der Waals surface area contributed by atoms with Crippen molar-refractivity contribution in [1.82, 2.24) is 0 Å². The van der Waals surface area contributed by atoms with Gasteiger partial charge in [-0.2, -0.15) is 5.23 Å². The standard InChI is InChI=1S/C9H10N2O4S/c1-15-5-2-6(11(13)14)9-7(3-5)16-4-8(12)10-9/h2-3,11,13H,4H2,1H3,(H,10,12). The van der Waals surface area contributed by atoms with Crippen molar-refractivity contribution in [1.29, 1.82) is 0 Å². The summed E-state index contributed by atoms with van der Waals surface area (Å²) in [5.41, 5.74) is 0.407. The van der Waals surface area contributed by atoms with Crippen LogP contribution in [0.1, 0.15) is 0 Å². The van der Waals surface area contributed by atoms with E-state index in [4.69, 9.17) is 9.94 Å². The van der Waals surface area contributed by atoms with Gasteiger partial charge in [0.2, 0.25) is 5.91 Å². The minimum atomic E-state index is -1.09. The Labute approximate surface area is 95.7 Å². The second-order valence-corrected chi connectivity index (χ2v) is 4.21. The minimum absolute atomic E-state index is 0.0508. The van der Waals surface area contributed by atoms with Crippen molar-refractivity contribution in [3.8, 4) is 5.75 Å². The zero-order chi connectivity index (χ0) is 11.7. The van der Waals surface area contributed by atoms with Gasteiger partial charge in [0.15, 0.2) is 5.69 Å². The van der Waals surface area contributed by atoms with Gasteiger partial charge >= 0.3 is 0 Å². The third-order valence-corrected chi connectivity index (χ3v) is 3.20. The van der Waals surface area contributed by atoms with Crippen LogP contribution in [0, 0.1) is 5.21 Å². The van der Waals surface area contributed by atoms with Crippen molar-refractivity contribution in [2.24, 2.45) is 0 Å². The molecule has 6 nitrogen and oxygen atoms in total. The molecule has 1 atom stereocenters. The molecule has 0 bridgehead atoms. The van der Waals surface area contributed by atoms with E-state index in [1.807, 2.05) is 0 Å². The minimum Gasteiger partial charge on any atom is -0.595 e. The van der Waals surface area contributed by atoms with Gasteiger partial charge in [0.1, 0.15) is 11.4 Å². The van der Waals surface area contributed by atoms with Crippen molar-refractivity contribution in [3.05, 3.63) is 17.3 Å². The zero-order valence-corrected chi connectivity index (χ0v) is 9.26. The molecule has 1 aliphatic rings. The maximum Gasteiger partial charge on any atom is 0.234 e. The number of methoxy groups -OCH3 is 1. The molecule has 0 saturated heterocycles. The Hall–Kier alpha value is -1.28. The van der Waals surface area contributed by atoms with Gasteiger partial charge < -0.3 is 15.3 Å². The number of benzene rings is 1. The lowest BCUT2D eigenvalue weighted by Crippen LogP contribution is -2.99. The molecule has 3 N–H and O–H groups in total. The zero-order valence-electron chi connectivity index (χ0n) is 8.44. The van der Waals surface area contributed by atoms with E-state index in [-0.39, 0.29) is 11.6 Å². The molecule has 0 fully saturated rings. The number of hydrogen-bond donors (Lipinski definition) is 3. The van der Waals surface area contributed by atoms with E-state index in [0.717, 1.165) is 4.90 Å². The highest BCUT2D eigenvalue weighted by molar-refractivity contribution is 8.00. The van der Waals surface area contributed by atoms with Crippen LogP contribution in [0.3, 0.4) is 0 Å². The lowest BCUT2D eigenvalue weighted by atomic mass is 10.2. The second kappa shape index (κ2) is 4.30. The quantitative estimate of drug-likeness (QED) is 0.642. The molecule has 1 unspecified atom stereocenters. The van der Waals surface area contributed by atoms with E-state index in [0.29, 0.717) is 17.2 Å². The van der Waals surface area contributed by atoms with Crippen LogP contribution in [0.25, 0.3) is 0 Å². The fourth-order valence-electron chi connectivity index (χ4n) is 1.44. The molecule has 0 saturated carbocycles. The van der Waals surface area contributed by atoms with Crippen LogP contribution in [0.4, 0.5) is 11.4 Å². The van der Waals surface area contributed by atoms with Crippen LogP contribution in [-0.4, -0.2) is 24.0 Å². The Morgan fingerprint density at radius 2 is 2.38 bits per heavy atom. The van der Waals surface area contributed by atoms with Gasteiger partial charge in [0.25, 0.3) is 0 Å². The Morgan fingerprint density at radius 1 is 1.62 bits per heavy atom. The number of rotatable bonds is 2. The molecule has 7 heteroatoms. The SMILES string of the molecule is COc1cc2c(c([NH+]([O-])O)c1)NC(=O)CS2. The fourth-order valence-corrected chi connectivity index (χ4v) is 2.30. The van der Waals surface area contributed by atoms with Crippen molar-refractivity contribution < 1.29 is 20.0 Å². The van der Waals surface area contributed by atoms with Crippen molar-refractivity contribution in [2.75, 3.05) is 18.2 Å². The van der Waals surface area contributed by atoms with Crippen LogP contribution in [0.5, 0.6) is 5.75 Å². The van der Waals surface area contributed by atoms with Crippen LogP contribution in [0.2, 0.25) is 0 Å². The van der Waals surface area contributed by atoms with Gasteiger partial charge in [-0.3, -0.25) is 4.79 Å². The maximum atomic E-state index is 11.2. The molecule has 1 aliphatic heterocycles. The third kappa shape index (κ3) is 1.98. The number of hydrogen-bond acceptors (Lipinski definition) is 5.